The lowest BCUT2D eigenvalue weighted by molar-refractivity contribution is -0.167. The molecule has 0 bridgehead atoms. The minimum Gasteiger partial charge on any atom is -0.462 e. The molecule has 0 saturated carbocycles. The first kappa shape index (κ1) is 67.1. The van der Waals surface area contributed by atoms with Crippen molar-refractivity contribution in [3.05, 3.63) is 60.8 Å². The van der Waals surface area contributed by atoms with E-state index in [-0.39, 0.29) is 31.1 Å². The minimum atomic E-state index is -0.774. The summed E-state index contributed by atoms with van der Waals surface area (Å²) in [4.78, 5) is 37.9. The van der Waals surface area contributed by atoms with Crippen LogP contribution >= 0.6 is 0 Å². The Labute approximate surface area is 434 Å². The molecular formula is C64H114O6. The zero-order valence-electron chi connectivity index (χ0n) is 46.5. The third kappa shape index (κ3) is 56.0. The standard InChI is InChI=1S/C64H114O6/c1-4-7-10-13-16-18-20-22-24-26-27-28-29-30-31-32-33-34-35-36-37-39-40-42-44-46-48-51-54-57-63(66)69-60-61(59-68-62(65)56-53-50-15-12-9-6-3)70-64(67)58-55-52-49-47-45-43-41-38-25-23-21-19-17-14-11-8-5-2/h17,19-20,22-23,25-27,29-30,61H,4-16,18,21,24,28,31-60H2,1-3H3/b19-17-,22-20-,25-23-,27-26-,30-29-. The van der Waals surface area contributed by atoms with Crippen LogP contribution in [-0.2, 0) is 28.6 Å². The van der Waals surface area contributed by atoms with E-state index in [1.165, 1.54) is 186 Å². The highest BCUT2D eigenvalue weighted by atomic mass is 16.6. The first-order valence-corrected chi connectivity index (χ1v) is 30.3. The summed E-state index contributed by atoms with van der Waals surface area (Å²) in [6.07, 6.45) is 74.0. The van der Waals surface area contributed by atoms with Crippen LogP contribution in [0, 0.1) is 0 Å². The zero-order chi connectivity index (χ0) is 50.7. The Morgan fingerprint density at radius 3 is 0.829 bits per heavy atom. The van der Waals surface area contributed by atoms with E-state index in [1.807, 2.05) is 0 Å². The summed E-state index contributed by atoms with van der Waals surface area (Å²) in [5, 5.41) is 0. The lowest BCUT2D eigenvalue weighted by Crippen LogP contribution is -2.30. The van der Waals surface area contributed by atoms with Gasteiger partial charge in [-0.1, -0.05) is 261 Å². The summed E-state index contributed by atoms with van der Waals surface area (Å²) in [7, 11) is 0. The van der Waals surface area contributed by atoms with Crippen LogP contribution in [0.15, 0.2) is 60.8 Å². The second-order valence-corrected chi connectivity index (χ2v) is 20.3. The van der Waals surface area contributed by atoms with Gasteiger partial charge in [0, 0.05) is 19.3 Å². The van der Waals surface area contributed by atoms with Gasteiger partial charge in [-0.25, -0.2) is 0 Å². The first-order chi connectivity index (χ1) is 34.5. The lowest BCUT2D eigenvalue weighted by atomic mass is 10.0. The van der Waals surface area contributed by atoms with Gasteiger partial charge in [-0.2, -0.15) is 0 Å². The molecule has 0 amide bonds. The van der Waals surface area contributed by atoms with Crippen LogP contribution < -0.4 is 0 Å². The molecule has 0 spiro atoms. The smallest absolute Gasteiger partial charge is 0.306 e. The van der Waals surface area contributed by atoms with Crippen LogP contribution in [0.1, 0.15) is 310 Å². The Hall–Kier alpha value is -2.89. The van der Waals surface area contributed by atoms with Crippen molar-refractivity contribution < 1.29 is 28.6 Å². The molecule has 0 N–H and O–H groups in total. The fraction of sp³-hybridized carbons (Fsp3) is 0.797. The lowest BCUT2D eigenvalue weighted by Gasteiger charge is -2.18. The molecule has 406 valence electrons. The van der Waals surface area contributed by atoms with Crippen molar-refractivity contribution >= 4 is 17.9 Å². The summed E-state index contributed by atoms with van der Waals surface area (Å²) in [5.74, 6) is -0.883. The molecule has 0 saturated heterocycles. The van der Waals surface area contributed by atoms with E-state index >= 15 is 0 Å². The average Bonchev–Trinajstić information content (AvgIpc) is 3.36. The van der Waals surface area contributed by atoms with E-state index in [2.05, 4.69) is 81.5 Å². The van der Waals surface area contributed by atoms with Crippen molar-refractivity contribution in [1.29, 1.82) is 0 Å². The topological polar surface area (TPSA) is 78.9 Å². The predicted octanol–water partition coefficient (Wildman–Crippen LogP) is 20.4. The van der Waals surface area contributed by atoms with Crippen LogP contribution in [0.3, 0.4) is 0 Å². The number of carbonyl (C=O) groups excluding carboxylic acids is 3. The van der Waals surface area contributed by atoms with Crippen molar-refractivity contribution in [2.24, 2.45) is 0 Å². The molecule has 1 unspecified atom stereocenters. The number of hydrogen-bond donors (Lipinski definition) is 0. The number of unbranched alkanes of at least 4 members (excludes halogenated alkanes) is 34. The van der Waals surface area contributed by atoms with E-state index < -0.39 is 6.10 Å². The molecule has 0 aliphatic rings. The second kappa shape index (κ2) is 58.7. The minimum absolute atomic E-state index is 0.0757. The molecule has 70 heavy (non-hydrogen) atoms. The molecule has 1 atom stereocenters. The summed E-state index contributed by atoms with van der Waals surface area (Å²) in [6, 6.07) is 0. The maximum atomic E-state index is 12.8. The van der Waals surface area contributed by atoms with Gasteiger partial charge in [-0.15, -0.1) is 0 Å². The van der Waals surface area contributed by atoms with Gasteiger partial charge in [0.2, 0.25) is 0 Å². The molecule has 0 radical (unpaired) electrons. The molecule has 0 aromatic rings. The van der Waals surface area contributed by atoms with Crippen molar-refractivity contribution in [3.8, 4) is 0 Å². The fourth-order valence-corrected chi connectivity index (χ4v) is 8.66. The van der Waals surface area contributed by atoms with Crippen molar-refractivity contribution in [2.75, 3.05) is 13.2 Å². The highest BCUT2D eigenvalue weighted by molar-refractivity contribution is 5.71. The average molecular weight is 980 g/mol. The molecule has 0 heterocycles. The third-order valence-electron chi connectivity index (χ3n) is 13.2. The Balaban J connectivity index is 4.05. The molecular weight excluding hydrogens is 865 g/mol. The number of allylic oxidation sites excluding steroid dienone is 10. The third-order valence-corrected chi connectivity index (χ3v) is 13.2. The quantitative estimate of drug-likeness (QED) is 0.0261. The summed E-state index contributed by atoms with van der Waals surface area (Å²) < 4.78 is 16.8. The molecule has 0 aliphatic carbocycles. The van der Waals surface area contributed by atoms with Gasteiger partial charge in [-0.3, -0.25) is 14.4 Å². The van der Waals surface area contributed by atoms with Crippen molar-refractivity contribution in [3.63, 3.8) is 0 Å². The van der Waals surface area contributed by atoms with Crippen LogP contribution in [0.4, 0.5) is 0 Å². The molecule has 6 nitrogen and oxygen atoms in total. The SMILES string of the molecule is CCCCC/C=C\C/C=C\CCCCCCCCCC(=O)OC(COC(=O)CCCCCCCC)COC(=O)CCCCCCCCCCCCCCCC/C=C\C/C=C\C/C=C\CCCCCCC. The van der Waals surface area contributed by atoms with E-state index in [0.29, 0.717) is 19.3 Å². The monoisotopic (exact) mass is 979 g/mol. The van der Waals surface area contributed by atoms with Crippen molar-refractivity contribution in [1.82, 2.24) is 0 Å². The highest BCUT2D eigenvalue weighted by Gasteiger charge is 2.19. The molecule has 0 aromatic carbocycles. The van der Waals surface area contributed by atoms with Gasteiger partial charge in [0.1, 0.15) is 13.2 Å². The van der Waals surface area contributed by atoms with E-state index in [4.69, 9.17) is 14.2 Å². The molecule has 6 heteroatoms. The summed E-state index contributed by atoms with van der Waals surface area (Å²) >= 11 is 0. The molecule has 0 fully saturated rings. The van der Waals surface area contributed by atoms with Crippen LogP contribution in [0.5, 0.6) is 0 Å². The van der Waals surface area contributed by atoms with Gasteiger partial charge in [0.25, 0.3) is 0 Å². The van der Waals surface area contributed by atoms with Crippen LogP contribution in [0.25, 0.3) is 0 Å². The summed E-state index contributed by atoms with van der Waals surface area (Å²) in [5.41, 5.74) is 0. The fourth-order valence-electron chi connectivity index (χ4n) is 8.66. The Morgan fingerprint density at radius 1 is 0.286 bits per heavy atom. The Morgan fingerprint density at radius 2 is 0.514 bits per heavy atom. The molecule has 0 rings (SSSR count). The van der Waals surface area contributed by atoms with Gasteiger partial charge in [0.05, 0.1) is 0 Å². The number of hydrogen-bond acceptors (Lipinski definition) is 6. The van der Waals surface area contributed by atoms with Gasteiger partial charge in [-0.05, 0) is 89.9 Å². The van der Waals surface area contributed by atoms with Gasteiger partial charge in [0.15, 0.2) is 6.10 Å². The highest BCUT2D eigenvalue weighted by Crippen LogP contribution is 2.16. The zero-order valence-corrected chi connectivity index (χ0v) is 46.5. The second-order valence-electron chi connectivity index (χ2n) is 20.3. The van der Waals surface area contributed by atoms with Gasteiger partial charge >= 0.3 is 17.9 Å². The maximum absolute atomic E-state index is 12.8. The maximum Gasteiger partial charge on any atom is 0.306 e. The summed E-state index contributed by atoms with van der Waals surface area (Å²) in [6.45, 7) is 6.56. The Kier molecular flexibility index (Phi) is 56.3. The predicted molar refractivity (Wildman–Crippen MR) is 302 cm³/mol. The number of esters is 3. The molecule has 0 aliphatic heterocycles. The first-order valence-electron chi connectivity index (χ1n) is 30.3. The number of rotatable bonds is 55. The van der Waals surface area contributed by atoms with E-state index in [9.17, 15) is 14.4 Å². The van der Waals surface area contributed by atoms with E-state index in [1.54, 1.807) is 0 Å². The molecule has 0 aromatic heterocycles. The normalized spacial score (nSPS) is 12.4. The Bertz CT molecular complexity index is 1260. The van der Waals surface area contributed by atoms with Crippen LogP contribution in [-0.4, -0.2) is 37.2 Å². The van der Waals surface area contributed by atoms with Crippen LogP contribution in [0.2, 0.25) is 0 Å². The number of carbonyl (C=O) groups is 3. The largest absolute Gasteiger partial charge is 0.462 e. The number of ether oxygens (including phenoxy) is 3. The van der Waals surface area contributed by atoms with Crippen molar-refractivity contribution in [2.45, 2.75) is 316 Å². The van der Waals surface area contributed by atoms with Gasteiger partial charge < -0.3 is 14.2 Å². The van der Waals surface area contributed by atoms with E-state index in [0.717, 1.165) is 83.5 Å².